The van der Waals surface area contributed by atoms with Crippen molar-refractivity contribution in [1.82, 2.24) is 10.6 Å². The normalized spacial score (nSPS) is 18.2. The summed E-state index contributed by atoms with van der Waals surface area (Å²) < 4.78 is 12.0. The van der Waals surface area contributed by atoms with Crippen LogP contribution in [-0.2, 0) is 9.31 Å². The summed E-state index contributed by atoms with van der Waals surface area (Å²) in [6, 6.07) is 7.03. The van der Waals surface area contributed by atoms with Crippen molar-refractivity contribution in [1.29, 1.82) is 0 Å². The Morgan fingerprint density at radius 1 is 1.08 bits per heavy atom. The van der Waals surface area contributed by atoms with Crippen molar-refractivity contribution < 1.29 is 24.0 Å². The highest BCUT2D eigenvalue weighted by atomic mass is 16.7. The quantitative estimate of drug-likeness (QED) is 0.551. The van der Waals surface area contributed by atoms with E-state index < -0.39 is 24.4 Å². The van der Waals surface area contributed by atoms with E-state index in [1.807, 2.05) is 33.8 Å². The van der Waals surface area contributed by atoms with E-state index in [2.05, 4.69) is 10.6 Å². The van der Waals surface area contributed by atoms with Crippen molar-refractivity contribution in [2.75, 3.05) is 13.1 Å². The van der Waals surface area contributed by atoms with Gasteiger partial charge in [0.05, 0.1) is 11.2 Å². The Kier molecular flexibility index (Phi) is 5.20. The number of hydrogen-bond acceptors (Lipinski definition) is 4. The van der Waals surface area contributed by atoms with Gasteiger partial charge in [-0.15, -0.1) is 0 Å². The van der Waals surface area contributed by atoms with Crippen LogP contribution in [0.25, 0.3) is 0 Å². The van der Waals surface area contributed by atoms with Gasteiger partial charge in [0.15, 0.2) is 0 Å². The SMILES string of the molecule is CC1(C)OB(c2cccc(C(=O)NCCNC(=O)O)c2)OC1(C)C. The molecule has 0 radical (unpaired) electrons. The summed E-state index contributed by atoms with van der Waals surface area (Å²) in [5, 5.41) is 13.3. The van der Waals surface area contributed by atoms with Gasteiger partial charge in [0.2, 0.25) is 0 Å². The molecule has 1 aromatic rings. The molecule has 0 saturated carbocycles. The number of nitrogens with one attached hydrogen (secondary N) is 2. The van der Waals surface area contributed by atoms with E-state index in [1.165, 1.54) is 0 Å². The zero-order chi connectivity index (χ0) is 18.0. The second kappa shape index (κ2) is 6.82. The van der Waals surface area contributed by atoms with E-state index in [4.69, 9.17) is 14.4 Å². The minimum atomic E-state index is -1.12. The standard InChI is InChI=1S/C16H23BN2O5/c1-15(2)16(3,4)24-17(23-15)12-7-5-6-11(10-12)13(20)18-8-9-19-14(21)22/h5-7,10,19H,8-9H2,1-4H3,(H,18,20)(H,21,22). The second-order valence-corrected chi connectivity index (χ2v) is 6.70. The molecule has 7 nitrogen and oxygen atoms in total. The van der Waals surface area contributed by atoms with Gasteiger partial charge in [-0.1, -0.05) is 12.1 Å². The average molecular weight is 334 g/mol. The highest BCUT2D eigenvalue weighted by Gasteiger charge is 2.51. The number of carbonyl (C=O) groups excluding carboxylic acids is 1. The summed E-state index contributed by atoms with van der Waals surface area (Å²) in [5.41, 5.74) is 0.346. The fraction of sp³-hybridized carbons (Fsp3) is 0.500. The largest absolute Gasteiger partial charge is 0.494 e. The van der Waals surface area contributed by atoms with Gasteiger partial charge in [-0.2, -0.15) is 0 Å². The fourth-order valence-electron chi connectivity index (χ4n) is 2.25. The zero-order valence-electron chi connectivity index (χ0n) is 14.4. The molecule has 1 saturated heterocycles. The van der Waals surface area contributed by atoms with Crippen LogP contribution in [0.3, 0.4) is 0 Å². The van der Waals surface area contributed by atoms with Crippen LogP contribution in [0.2, 0.25) is 0 Å². The Bertz CT molecular complexity index is 617. The summed E-state index contributed by atoms with van der Waals surface area (Å²) in [5.74, 6) is -0.277. The lowest BCUT2D eigenvalue weighted by Crippen LogP contribution is -2.41. The summed E-state index contributed by atoms with van der Waals surface area (Å²) in [7, 11) is -0.531. The molecule has 0 bridgehead atoms. The van der Waals surface area contributed by atoms with Crippen molar-refractivity contribution in [2.45, 2.75) is 38.9 Å². The number of carboxylic acid groups (broad SMARTS) is 1. The van der Waals surface area contributed by atoms with Crippen LogP contribution in [0.1, 0.15) is 38.1 Å². The molecular weight excluding hydrogens is 311 g/mol. The maximum atomic E-state index is 12.1. The fourth-order valence-corrected chi connectivity index (χ4v) is 2.25. The first kappa shape index (κ1) is 18.3. The van der Waals surface area contributed by atoms with Crippen molar-refractivity contribution >= 4 is 24.6 Å². The number of hydrogen-bond donors (Lipinski definition) is 3. The zero-order valence-corrected chi connectivity index (χ0v) is 14.4. The van der Waals surface area contributed by atoms with Gasteiger partial charge in [0.1, 0.15) is 0 Å². The van der Waals surface area contributed by atoms with E-state index in [-0.39, 0.29) is 19.0 Å². The van der Waals surface area contributed by atoms with Gasteiger partial charge >= 0.3 is 13.2 Å². The smallest absolute Gasteiger partial charge is 0.465 e. The third-order valence-electron chi connectivity index (χ3n) is 4.36. The first-order chi connectivity index (χ1) is 11.1. The van der Waals surface area contributed by atoms with Crippen molar-refractivity contribution in [3.05, 3.63) is 29.8 Å². The minimum Gasteiger partial charge on any atom is -0.465 e. The molecule has 0 aliphatic carbocycles. The highest BCUT2D eigenvalue weighted by Crippen LogP contribution is 2.36. The lowest BCUT2D eigenvalue weighted by atomic mass is 9.78. The van der Waals surface area contributed by atoms with Crippen LogP contribution >= 0.6 is 0 Å². The molecule has 8 heteroatoms. The van der Waals surface area contributed by atoms with E-state index >= 15 is 0 Å². The van der Waals surface area contributed by atoms with Gasteiger partial charge in [-0.3, -0.25) is 4.79 Å². The van der Waals surface area contributed by atoms with E-state index in [0.717, 1.165) is 5.46 Å². The monoisotopic (exact) mass is 334 g/mol. The Labute approximate surface area is 141 Å². The molecular formula is C16H23BN2O5. The number of carbonyl (C=O) groups is 2. The molecule has 1 aromatic carbocycles. The molecule has 0 unspecified atom stereocenters. The minimum absolute atomic E-state index is 0.151. The summed E-state index contributed by atoms with van der Waals surface area (Å²) in [4.78, 5) is 22.5. The van der Waals surface area contributed by atoms with Gasteiger partial charge in [0.25, 0.3) is 5.91 Å². The molecule has 130 valence electrons. The van der Waals surface area contributed by atoms with Crippen molar-refractivity contribution in [3.63, 3.8) is 0 Å². The molecule has 2 amide bonds. The predicted octanol–water partition coefficient (Wildman–Crippen LogP) is 0.983. The number of amides is 2. The first-order valence-electron chi connectivity index (χ1n) is 7.83. The summed E-state index contributed by atoms with van der Waals surface area (Å²) in [6.07, 6.45) is -1.12. The molecule has 24 heavy (non-hydrogen) atoms. The first-order valence-corrected chi connectivity index (χ1v) is 7.83. The third-order valence-corrected chi connectivity index (χ3v) is 4.36. The Balaban J connectivity index is 2.02. The predicted molar refractivity (Wildman–Crippen MR) is 90.5 cm³/mol. The van der Waals surface area contributed by atoms with Crippen LogP contribution in [-0.4, -0.2) is 48.5 Å². The lowest BCUT2D eigenvalue weighted by Gasteiger charge is -2.32. The molecule has 2 rings (SSSR count). The molecule has 0 aromatic heterocycles. The van der Waals surface area contributed by atoms with Crippen LogP contribution < -0.4 is 16.1 Å². The maximum absolute atomic E-state index is 12.1. The number of benzene rings is 1. The van der Waals surface area contributed by atoms with Gasteiger partial charge in [-0.05, 0) is 45.3 Å². The van der Waals surface area contributed by atoms with Crippen molar-refractivity contribution in [3.8, 4) is 0 Å². The van der Waals surface area contributed by atoms with Gasteiger partial charge < -0.3 is 25.0 Å². The Hall–Kier alpha value is -2.06. The van der Waals surface area contributed by atoms with Crippen LogP contribution in [0.15, 0.2) is 24.3 Å². The molecule has 3 N–H and O–H groups in total. The molecule has 0 atom stereocenters. The van der Waals surface area contributed by atoms with E-state index in [0.29, 0.717) is 5.56 Å². The molecule has 0 spiro atoms. The molecule has 1 aliphatic rings. The maximum Gasteiger partial charge on any atom is 0.494 e. The number of rotatable bonds is 5. The summed E-state index contributed by atoms with van der Waals surface area (Å²) >= 11 is 0. The Morgan fingerprint density at radius 2 is 1.67 bits per heavy atom. The summed E-state index contributed by atoms with van der Waals surface area (Å²) in [6.45, 7) is 8.25. The molecule has 1 aliphatic heterocycles. The molecule has 1 heterocycles. The lowest BCUT2D eigenvalue weighted by molar-refractivity contribution is 0.00578. The van der Waals surface area contributed by atoms with Gasteiger partial charge in [0, 0.05) is 18.7 Å². The van der Waals surface area contributed by atoms with Gasteiger partial charge in [-0.25, -0.2) is 4.79 Å². The average Bonchev–Trinajstić information content (AvgIpc) is 2.72. The Morgan fingerprint density at radius 3 is 2.25 bits per heavy atom. The second-order valence-electron chi connectivity index (χ2n) is 6.70. The van der Waals surface area contributed by atoms with Crippen LogP contribution in [0, 0.1) is 0 Å². The third kappa shape index (κ3) is 4.07. The van der Waals surface area contributed by atoms with Crippen molar-refractivity contribution in [2.24, 2.45) is 0 Å². The van der Waals surface area contributed by atoms with Crippen LogP contribution in [0.4, 0.5) is 4.79 Å². The van der Waals surface area contributed by atoms with Crippen LogP contribution in [0.5, 0.6) is 0 Å². The topological polar surface area (TPSA) is 96.9 Å². The molecule has 1 fully saturated rings. The van der Waals surface area contributed by atoms with E-state index in [9.17, 15) is 9.59 Å². The van der Waals surface area contributed by atoms with E-state index in [1.54, 1.807) is 18.2 Å². The highest BCUT2D eigenvalue weighted by molar-refractivity contribution is 6.62.